The fourth-order valence-electron chi connectivity index (χ4n) is 2.33. The van der Waals surface area contributed by atoms with Crippen molar-refractivity contribution in [1.82, 2.24) is 4.98 Å². The molecule has 1 amide bonds. The molecule has 120 valence electrons. The predicted molar refractivity (Wildman–Crippen MR) is 97.7 cm³/mol. The van der Waals surface area contributed by atoms with Crippen molar-refractivity contribution in [3.63, 3.8) is 0 Å². The van der Waals surface area contributed by atoms with Gasteiger partial charge in [-0.3, -0.25) is 9.78 Å². The summed E-state index contributed by atoms with van der Waals surface area (Å²) >= 11 is 0. The van der Waals surface area contributed by atoms with Crippen LogP contribution in [0.5, 0.6) is 0 Å². The normalized spacial score (nSPS) is 10.2. The molecular weight excluding hydrogens is 298 g/mol. The maximum Gasteiger partial charge on any atom is 0.257 e. The molecule has 4 nitrogen and oxygen atoms in total. The lowest BCUT2D eigenvalue weighted by Crippen LogP contribution is -2.11. The molecule has 2 aromatic carbocycles. The fraction of sp³-hybridized carbons (Fsp3) is 0.100. The van der Waals surface area contributed by atoms with Gasteiger partial charge in [-0.2, -0.15) is 0 Å². The fourth-order valence-corrected chi connectivity index (χ4v) is 2.33. The van der Waals surface area contributed by atoms with Gasteiger partial charge in [0.05, 0.1) is 5.56 Å². The van der Waals surface area contributed by atoms with Crippen LogP contribution in [0.1, 0.15) is 22.8 Å². The third-order valence-corrected chi connectivity index (χ3v) is 3.72. The number of nitrogens with one attached hydrogen (secondary N) is 2. The van der Waals surface area contributed by atoms with Gasteiger partial charge in [0.25, 0.3) is 5.91 Å². The first-order chi connectivity index (χ1) is 11.7. The van der Waals surface area contributed by atoms with Crippen molar-refractivity contribution in [2.45, 2.75) is 13.3 Å². The largest absolute Gasteiger partial charge is 0.356 e. The van der Waals surface area contributed by atoms with E-state index in [2.05, 4.69) is 46.8 Å². The van der Waals surface area contributed by atoms with E-state index in [0.717, 1.165) is 23.5 Å². The SMILES string of the molecule is CCc1ccc(Nc2ccc(NC(=O)c3cccnc3)cc2)cc1. The van der Waals surface area contributed by atoms with E-state index in [-0.39, 0.29) is 5.91 Å². The highest BCUT2D eigenvalue weighted by Crippen LogP contribution is 2.20. The summed E-state index contributed by atoms with van der Waals surface area (Å²) in [4.78, 5) is 16.0. The van der Waals surface area contributed by atoms with Crippen LogP contribution in [0.25, 0.3) is 0 Å². The smallest absolute Gasteiger partial charge is 0.257 e. The van der Waals surface area contributed by atoms with Gasteiger partial charge in [-0.25, -0.2) is 0 Å². The monoisotopic (exact) mass is 317 g/mol. The van der Waals surface area contributed by atoms with Crippen LogP contribution >= 0.6 is 0 Å². The number of hydrogen-bond acceptors (Lipinski definition) is 3. The molecule has 1 aromatic heterocycles. The molecule has 24 heavy (non-hydrogen) atoms. The number of benzene rings is 2. The van der Waals surface area contributed by atoms with Gasteiger partial charge in [0.2, 0.25) is 0 Å². The second kappa shape index (κ2) is 7.42. The van der Waals surface area contributed by atoms with Crippen molar-refractivity contribution >= 4 is 23.0 Å². The van der Waals surface area contributed by atoms with Crippen molar-refractivity contribution < 1.29 is 4.79 Å². The van der Waals surface area contributed by atoms with Crippen molar-refractivity contribution in [1.29, 1.82) is 0 Å². The van der Waals surface area contributed by atoms with Crippen molar-refractivity contribution in [2.24, 2.45) is 0 Å². The number of hydrogen-bond donors (Lipinski definition) is 2. The summed E-state index contributed by atoms with van der Waals surface area (Å²) in [5, 5.41) is 6.20. The average molecular weight is 317 g/mol. The van der Waals surface area contributed by atoms with E-state index in [1.807, 2.05) is 24.3 Å². The molecule has 0 atom stereocenters. The zero-order valence-corrected chi connectivity index (χ0v) is 13.5. The van der Waals surface area contributed by atoms with Gasteiger partial charge in [0, 0.05) is 29.5 Å². The molecule has 3 rings (SSSR count). The second-order valence-electron chi connectivity index (χ2n) is 5.45. The lowest BCUT2D eigenvalue weighted by atomic mass is 10.1. The van der Waals surface area contributed by atoms with E-state index < -0.39 is 0 Å². The third kappa shape index (κ3) is 3.98. The number of pyridine rings is 1. The minimum absolute atomic E-state index is 0.168. The standard InChI is InChI=1S/C20H19N3O/c1-2-15-5-7-17(8-6-15)22-18-9-11-19(12-10-18)23-20(24)16-4-3-13-21-14-16/h3-14,22H,2H2,1H3,(H,23,24). The highest BCUT2D eigenvalue weighted by Gasteiger charge is 2.05. The highest BCUT2D eigenvalue weighted by atomic mass is 16.1. The van der Waals surface area contributed by atoms with Gasteiger partial charge in [-0.05, 0) is 60.5 Å². The van der Waals surface area contributed by atoms with Gasteiger partial charge in [0.15, 0.2) is 0 Å². The summed E-state index contributed by atoms with van der Waals surface area (Å²) in [5.41, 5.74) is 4.61. The zero-order valence-electron chi connectivity index (χ0n) is 13.5. The van der Waals surface area contributed by atoms with Crippen LogP contribution in [-0.2, 0) is 6.42 Å². The Kier molecular flexibility index (Phi) is 4.87. The Morgan fingerprint density at radius 3 is 2.12 bits per heavy atom. The highest BCUT2D eigenvalue weighted by molar-refractivity contribution is 6.04. The maximum absolute atomic E-state index is 12.1. The van der Waals surface area contributed by atoms with E-state index in [1.165, 1.54) is 5.56 Å². The molecule has 0 saturated carbocycles. The second-order valence-corrected chi connectivity index (χ2v) is 5.45. The molecule has 0 bridgehead atoms. The number of carbonyl (C=O) groups is 1. The molecule has 0 aliphatic rings. The first-order valence-electron chi connectivity index (χ1n) is 7.92. The molecule has 3 aromatic rings. The Labute approximate surface area is 141 Å². The van der Waals surface area contributed by atoms with Gasteiger partial charge in [-0.15, -0.1) is 0 Å². The molecule has 2 N–H and O–H groups in total. The van der Waals surface area contributed by atoms with Gasteiger partial charge < -0.3 is 10.6 Å². The first kappa shape index (κ1) is 15.7. The Hall–Kier alpha value is -3.14. The third-order valence-electron chi connectivity index (χ3n) is 3.72. The van der Waals surface area contributed by atoms with Gasteiger partial charge in [-0.1, -0.05) is 19.1 Å². The first-order valence-corrected chi connectivity index (χ1v) is 7.92. The van der Waals surface area contributed by atoms with E-state index in [1.54, 1.807) is 24.5 Å². The summed E-state index contributed by atoms with van der Waals surface area (Å²) in [7, 11) is 0. The Balaban J connectivity index is 1.63. The molecule has 0 aliphatic carbocycles. The molecule has 0 radical (unpaired) electrons. The van der Waals surface area contributed by atoms with Crippen molar-refractivity contribution in [2.75, 3.05) is 10.6 Å². The number of aromatic nitrogens is 1. The molecule has 0 saturated heterocycles. The Morgan fingerprint density at radius 2 is 1.54 bits per heavy atom. The number of nitrogens with zero attached hydrogens (tertiary/aromatic N) is 1. The summed E-state index contributed by atoms with van der Waals surface area (Å²) in [5.74, 6) is -0.168. The molecule has 0 aliphatic heterocycles. The number of amides is 1. The van der Waals surface area contributed by atoms with Crippen LogP contribution in [0.15, 0.2) is 73.1 Å². The van der Waals surface area contributed by atoms with Crippen LogP contribution in [-0.4, -0.2) is 10.9 Å². The Bertz CT molecular complexity index is 797. The van der Waals surface area contributed by atoms with Crippen LogP contribution in [0.4, 0.5) is 17.1 Å². The predicted octanol–water partition coefficient (Wildman–Crippen LogP) is 4.64. The molecule has 1 heterocycles. The molecule has 0 spiro atoms. The summed E-state index contributed by atoms with van der Waals surface area (Å²) in [6.45, 7) is 2.14. The van der Waals surface area contributed by atoms with Crippen molar-refractivity contribution in [3.05, 3.63) is 84.2 Å². The quantitative estimate of drug-likeness (QED) is 0.721. The van der Waals surface area contributed by atoms with E-state index in [4.69, 9.17) is 0 Å². The summed E-state index contributed by atoms with van der Waals surface area (Å²) in [6.07, 6.45) is 4.22. The van der Waals surface area contributed by atoms with Crippen LogP contribution in [0.3, 0.4) is 0 Å². The number of rotatable bonds is 5. The molecular formula is C20H19N3O. The van der Waals surface area contributed by atoms with Gasteiger partial charge in [0.1, 0.15) is 0 Å². The summed E-state index contributed by atoms with van der Waals surface area (Å²) in [6, 6.07) is 19.5. The van der Waals surface area contributed by atoms with E-state index in [9.17, 15) is 4.79 Å². The van der Waals surface area contributed by atoms with E-state index in [0.29, 0.717) is 5.56 Å². The topological polar surface area (TPSA) is 54.0 Å². The minimum Gasteiger partial charge on any atom is -0.356 e. The van der Waals surface area contributed by atoms with Gasteiger partial charge >= 0.3 is 0 Å². The van der Waals surface area contributed by atoms with E-state index >= 15 is 0 Å². The number of carbonyl (C=O) groups excluding carboxylic acids is 1. The minimum atomic E-state index is -0.168. The van der Waals surface area contributed by atoms with Crippen LogP contribution < -0.4 is 10.6 Å². The lowest BCUT2D eigenvalue weighted by Gasteiger charge is -2.09. The Morgan fingerprint density at radius 1 is 0.917 bits per heavy atom. The van der Waals surface area contributed by atoms with Crippen LogP contribution in [0.2, 0.25) is 0 Å². The van der Waals surface area contributed by atoms with Crippen molar-refractivity contribution in [3.8, 4) is 0 Å². The zero-order chi connectivity index (χ0) is 16.8. The molecule has 0 unspecified atom stereocenters. The molecule has 0 fully saturated rings. The molecule has 4 heteroatoms. The number of anilines is 3. The maximum atomic E-state index is 12.1. The number of aryl methyl sites for hydroxylation is 1. The lowest BCUT2D eigenvalue weighted by molar-refractivity contribution is 0.102. The van der Waals surface area contributed by atoms with Crippen LogP contribution in [0, 0.1) is 0 Å². The summed E-state index contributed by atoms with van der Waals surface area (Å²) < 4.78 is 0. The average Bonchev–Trinajstić information content (AvgIpc) is 2.65.